The second-order valence-electron chi connectivity index (χ2n) is 9.01. The highest BCUT2D eigenvalue weighted by Crippen LogP contribution is 2.18. The van der Waals surface area contributed by atoms with Crippen LogP contribution in [-0.4, -0.2) is 42.8 Å². The molecule has 0 saturated heterocycles. The molecule has 0 aliphatic carbocycles. The minimum Gasteiger partial charge on any atom is -0.494 e. The summed E-state index contributed by atoms with van der Waals surface area (Å²) in [7, 11) is 0. The van der Waals surface area contributed by atoms with Crippen LogP contribution in [0.15, 0.2) is 97.6 Å². The van der Waals surface area contributed by atoms with E-state index < -0.39 is 24.0 Å². The lowest BCUT2D eigenvalue weighted by Gasteiger charge is -2.10. The number of rotatable bonds is 16. The van der Waals surface area contributed by atoms with Gasteiger partial charge in [0, 0.05) is 12.2 Å². The highest BCUT2D eigenvalue weighted by molar-refractivity contribution is 5.91. The summed E-state index contributed by atoms with van der Waals surface area (Å²) in [6, 6.07) is 22.3. The number of aliphatic hydroxyl groups is 1. The van der Waals surface area contributed by atoms with Gasteiger partial charge in [0.25, 0.3) is 0 Å². The third-order valence-electron chi connectivity index (χ3n) is 5.88. The van der Waals surface area contributed by atoms with Crippen molar-refractivity contribution in [2.45, 2.75) is 31.8 Å². The second kappa shape index (κ2) is 17.1. The largest absolute Gasteiger partial charge is 0.494 e. The molecule has 0 spiro atoms. The molecule has 0 amide bonds. The molecule has 1 N–H and O–H groups in total. The maximum atomic E-state index is 12.5. The standard InChI is InChI=1S/C33H34O8/c1-2-31(35)39-23-9-4-3-8-22-38-28-19-15-27(16-20-28)33(37)41-29-17-12-25(13-18-29)14-21-32(36)40-24-30(34)26-10-6-5-7-11-26/h2,5-7,10-21,30,34H,1,3-4,8-9,22-24H2/b21-14+/t30-/m0/s1. The van der Waals surface area contributed by atoms with Crippen molar-refractivity contribution >= 4 is 24.0 Å². The van der Waals surface area contributed by atoms with E-state index >= 15 is 0 Å². The fourth-order valence-electron chi connectivity index (χ4n) is 3.62. The van der Waals surface area contributed by atoms with Crippen molar-refractivity contribution in [3.05, 3.63) is 114 Å². The van der Waals surface area contributed by atoms with Crippen LogP contribution in [0.4, 0.5) is 0 Å². The van der Waals surface area contributed by atoms with Crippen LogP contribution in [0.5, 0.6) is 11.5 Å². The zero-order chi connectivity index (χ0) is 29.3. The number of hydrogen-bond acceptors (Lipinski definition) is 8. The van der Waals surface area contributed by atoms with E-state index in [1.165, 1.54) is 6.08 Å². The van der Waals surface area contributed by atoms with Crippen molar-refractivity contribution in [2.75, 3.05) is 19.8 Å². The Labute approximate surface area is 239 Å². The molecule has 0 fully saturated rings. The summed E-state index contributed by atoms with van der Waals surface area (Å²) in [5, 5.41) is 10.1. The molecule has 8 nitrogen and oxygen atoms in total. The first-order chi connectivity index (χ1) is 19.9. The van der Waals surface area contributed by atoms with Crippen molar-refractivity contribution in [3.8, 4) is 11.5 Å². The number of hydrogen-bond donors (Lipinski definition) is 1. The smallest absolute Gasteiger partial charge is 0.343 e. The van der Waals surface area contributed by atoms with Crippen LogP contribution in [0.25, 0.3) is 6.08 Å². The lowest BCUT2D eigenvalue weighted by atomic mass is 10.1. The maximum Gasteiger partial charge on any atom is 0.343 e. The Balaban J connectivity index is 1.35. The van der Waals surface area contributed by atoms with Gasteiger partial charge < -0.3 is 24.1 Å². The average molecular weight is 559 g/mol. The molecular formula is C33H34O8. The Kier molecular flexibility index (Phi) is 12.9. The van der Waals surface area contributed by atoms with Gasteiger partial charge in [-0.1, -0.05) is 49.0 Å². The van der Waals surface area contributed by atoms with Crippen molar-refractivity contribution in [1.29, 1.82) is 0 Å². The third-order valence-corrected chi connectivity index (χ3v) is 5.88. The molecule has 0 aliphatic rings. The molecule has 0 unspecified atom stereocenters. The Morgan fingerprint density at radius 1 is 0.756 bits per heavy atom. The molecule has 0 aliphatic heterocycles. The first-order valence-corrected chi connectivity index (χ1v) is 13.4. The van der Waals surface area contributed by atoms with Crippen LogP contribution in [0.3, 0.4) is 0 Å². The van der Waals surface area contributed by atoms with Gasteiger partial charge in [-0.05, 0) is 79.3 Å². The minimum atomic E-state index is -0.893. The Morgan fingerprint density at radius 2 is 1.41 bits per heavy atom. The Morgan fingerprint density at radius 3 is 2.10 bits per heavy atom. The molecule has 8 heteroatoms. The van der Waals surface area contributed by atoms with E-state index in [0.717, 1.165) is 31.8 Å². The van der Waals surface area contributed by atoms with Crippen molar-refractivity contribution in [1.82, 2.24) is 0 Å². The van der Waals surface area contributed by atoms with E-state index in [-0.39, 0.29) is 6.61 Å². The number of carbonyl (C=O) groups is 3. The summed E-state index contributed by atoms with van der Waals surface area (Å²) in [5.74, 6) is -0.462. The monoisotopic (exact) mass is 558 g/mol. The molecule has 41 heavy (non-hydrogen) atoms. The topological polar surface area (TPSA) is 108 Å². The van der Waals surface area contributed by atoms with Crippen LogP contribution in [0, 0.1) is 0 Å². The van der Waals surface area contributed by atoms with Crippen LogP contribution in [0.1, 0.15) is 53.3 Å². The first kappa shape index (κ1) is 30.8. The lowest BCUT2D eigenvalue weighted by Crippen LogP contribution is -2.10. The number of benzene rings is 3. The van der Waals surface area contributed by atoms with Crippen LogP contribution in [-0.2, 0) is 19.1 Å². The van der Waals surface area contributed by atoms with Crippen molar-refractivity contribution < 1.29 is 38.4 Å². The zero-order valence-electron chi connectivity index (χ0n) is 22.8. The van der Waals surface area contributed by atoms with Gasteiger partial charge >= 0.3 is 17.9 Å². The fraction of sp³-hybridized carbons (Fsp3) is 0.242. The van der Waals surface area contributed by atoms with Gasteiger partial charge in [0.2, 0.25) is 0 Å². The number of carbonyl (C=O) groups excluding carboxylic acids is 3. The molecule has 0 radical (unpaired) electrons. The normalized spacial score (nSPS) is 11.4. The molecule has 3 aromatic rings. The second-order valence-corrected chi connectivity index (χ2v) is 9.01. The van der Waals surface area contributed by atoms with Gasteiger partial charge in [0.1, 0.15) is 24.2 Å². The minimum absolute atomic E-state index is 0.146. The molecule has 3 rings (SSSR count). The molecule has 1 atom stereocenters. The fourth-order valence-corrected chi connectivity index (χ4v) is 3.62. The summed E-state index contributed by atoms with van der Waals surface area (Å²) in [4.78, 5) is 35.5. The average Bonchev–Trinajstić information content (AvgIpc) is 3.01. The number of esters is 3. The van der Waals surface area contributed by atoms with E-state index in [1.807, 2.05) is 6.07 Å². The van der Waals surface area contributed by atoms with Gasteiger partial charge in [0.15, 0.2) is 0 Å². The highest BCUT2D eigenvalue weighted by atomic mass is 16.5. The van der Waals surface area contributed by atoms with Crippen LogP contribution < -0.4 is 9.47 Å². The molecular weight excluding hydrogens is 524 g/mol. The lowest BCUT2D eigenvalue weighted by molar-refractivity contribution is -0.140. The van der Waals surface area contributed by atoms with Gasteiger partial charge in [0.05, 0.1) is 18.8 Å². The van der Waals surface area contributed by atoms with E-state index in [4.69, 9.17) is 18.9 Å². The summed E-state index contributed by atoms with van der Waals surface area (Å²) >= 11 is 0. The molecule has 0 heterocycles. The SMILES string of the molecule is C=CC(=O)OCCCCCCOc1ccc(C(=O)Oc2ccc(/C=C/C(=O)OC[C@H](O)c3ccccc3)cc2)cc1. The molecule has 3 aromatic carbocycles. The first-order valence-electron chi connectivity index (χ1n) is 13.4. The predicted octanol–water partition coefficient (Wildman–Crippen LogP) is 5.86. The highest BCUT2D eigenvalue weighted by Gasteiger charge is 2.10. The number of ether oxygens (including phenoxy) is 4. The summed E-state index contributed by atoms with van der Waals surface area (Å²) in [6.45, 7) is 4.15. The molecule has 0 aromatic heterocycles. The van der Waals surface area contributed by atoms with E-state index in [1.54, 1.807) is 78.9 Å². The van der Waals surface area contributed by atoms with Gasteiger partial charge in [-0.3, -0.25) is 0 Å². The van der Waals surface area contributed by atoms with Gasteiger partial charge in [-0.15, -0.1) is 0 Å². The molecule has 0 saturated carbocycles. The molecule has 214 valence electrons. The third kappa shape index (κ3) is 11.5. The van der Waals surface area contributed by atoms with E-state index in [0.29, 0.717) is 41.4 Å². The summed E-state index contributed by atoms with van der Waals surface area (Å²) < 4.78 is 21.2. The van der Waals surface area contributed by atoms with E-state index in [2.05, 4.69) is 6.58 Å². The summed E-state index contributed by atoms with van der Waals surface area (Å²) in [5.41, 5.74) is 1.77. The predicted molar refractivity (Wildman–Crippen MR) is 154 cm³/mol. The maximum absolute atomic E-state index is 12.5. The van der Waals surface area contributed by atoms with Crippen LogP contribution >= 0.6 is 0 Å². The van der Waals surface area contributed by atoms with Gasteiger partial charge in [-0.25, -0.2) is 14.4 Å². The van der Waals surface area contributed by atoms with Crippen molar-refractivity contribution in [3.63, 3.8) is 0 Å². The van der Waals surface area contributed by atoms with E-state index in [9.17, 15) is 19.5 Å². The summed E-state index contributed by atoms with van der Waals surface area (Å²) in [6.07, 6.45) is 6.65. The van der Waals surface area contributed by atoms with Gasteiger partial charge in [-0.2, -0.15) is 0 Å². The Hall–Kier alpha value is -4.69. The number of aliphatic hydroxyl groups excluding tert-OH is 1. The Bertz CT molecular complexity index is 1280. The number of unbranched alkanes of at least 4 members (excludes halogenated alkanes) is 3. The van der Waals surface area contributed by atoms with Crippen LogP contribution in [0.2, 0.25) is 0 Å². The molecule has 0 bridgehead atoms. The van der Waals surface area contributed by atoms with Crippen molar-refractivity contribution in [2.24, 2.45) is 0 Å². The quantitative estimate of drug-likeness (QED) is 0.101. The zero-order valence-corrected chi connectivity index (χ0v) is 22.8.